The maximum absolute atomic E-state index is 14.1. The molecule has 0 unspecified atom stereocenters. The summed E-state index contributed by atoms with van der Waals surface area (Å²) in [5.74, 6) is -0.179. The molecule has 4 aromatic rings. The van der Waals surface area contributed by atoms with E-state index in [2.05, 4.69) is 0 Å². The maximum atomic E-state index is 14.1. The highest BCUT2D eigenvalue weighted by atomic mass is 32.2. The van der Waals surface area contributed by atoms with Crippen LogP contribution in [0.4, 0.5) is 0 Å². The number of aryl methyl sites for hydroxylation is 1. The van der Waals surface area contributed by atoms with Gasteiger partial charge in [0.25, 0.3) is 15.9 Å². The molecule has 0 fully saturated rings. The zero-order chi connectivity index (χ0) is 24.2. The monoisotopic (exact) mass is 481 g/mol. The van der Waals surface area contributed by atoms with Crippen molar-refractivity contribution in [3.05, 3.63) is 119 Å². The van der Waals surface area contributed by atoms with Crippen molar-refractivity contribution in [2.75, 3.05) is 0 Å². The van der Waals surface area contributed by atoms with Gasteiger partial charge in [-0.3, -0.25) is 4.79 Å². The average molecular weight is 482 g/mol. The number of fused-ring (bicyclic) bond motifs is 4. The van der Waals surface area contributed by atoms with Gasteiger partial charge in [-0.05, 0) is 59.9 Å². The number of benzene rings is 4. The number of carbonyl (C=O) groups excluding carboxylic acids is 1. The molecule has 4 aromatic carbocycles. The molecule has 6 heteroatoms. The molecule has 0 bridgehead atoms. The van der Waals surface area contributed by atoms with Gasteiger partial charge in [0.2, 0.25) is 0 Å². The molecule has 35 heavy (non-hydrogen) atoms. The van der Waals surface area contributed by atoms with Gasteiger partial charge in [-0.25, -0.2) is 12.7 Å². The Labute approximate surface area is 204 Å². The third-order valence-electron chi connectivity index (χ3n) is 6.79. The number of carbonyl (C=O) groups is 1. The van der Waals surface area contributed by atoms with E-state index in [4.69, 9.17) is 4.74 Å². The molecule has 0 saturated heterocycles. The summed E-state index contributed by atoms with van der Waals surface area (Å²) in [6.07, 6.45) is -0.184. The molecule has 1 aliphatic carbocycles. The number of hydrogen-bond acceptors (Lipinski definition) is 4. The first-order valence-corrected chi connectivity index (χ1v) is 13.0. The fourth-order valence-electron chi connectivity index (χ4n) is 5.01. The highest BCUT2D eigenvalue weighted by molar-refractivity contribution is 7.89. The molecule has 0 radical (unpaired) electrons. The lowest BCUT2D eigenvalue weighted by Crippen LogP contribution is -2.46. The van der Waals surface area contributed by atoms with Crippen LogP contribution < -0.4 is 4.74 Å². The first kappa shape index (κ1) is 21.6. The minimum Gasteiger partial charge on any atom is -0.483 e. The summed E-state index contributed by atoms with van der Waals surface area (Å²) in [6, 6.07) is 28.8. The third-order valence-corrected chi connectivity index (χ3v) is 8.61. The standard InChI is InChI=1S/C29H23NO4S/c1-19-11-14-23(15-12-19)35(32,33)30-26-18-22-9-5-6-10-24(22)28(26)34-27-16-13-21(17-25(27)29(30)31)20-7-3-2-4-8-20/h2-17,26,28H,18H2,1H3/t26-,28-/m1/s1. The van der Waals surface area contributed by atoms with Crippen molar-refractivity contribution in [1.82, 2.24) is 4.31 Å². The number of amides is 1. The van der Waals surface area contributed by atoms with E-state index >= 15 is 0 Å². The fourth-order valence-corrected chi connectivity index (χ4v) is 6.58. The van der Waals surface area contributed by atoms with Gasteiger partial charge in [-0.2, -0.15) is 0 Å². The van der Waals surface area contributed by atoms with Crippen LogP contribution in [-0.2, 0) is 16.4 Å². The van der Waals surface area contributed by atoms with E-state index in [9.17, 15) is 13.2 Å². The van der Waals surface area contributed by atoms with Crippen LogP contribution >= 0.6 is 0 Å². The van der Waals surface area contributed by atoms with Crippen LogP contribution in [0.15, 0.2) is 102 Å². The second-order valence-corrected chi connectivity index (χ2v) is 10.8. The summed E-state index contributed by atoms with van der Waals surface area (Å²) in [4.78, 5) is 14.2. The van der Waals surface area contributed by atoms with E-state index in [0.717, 1.165) is 32.1 Å². The number of rotatable bonds is 3. The maximum Gasteiger partial charge on any atom is 0.271 e. The average Bonchev–Trinajstić information content (AvgIpc) is 3.16. The molecule has 1 heterocycles. The summed E-state index contributed by atoms with van der Waals surface area (Å²) >= 11 is 0. The van der Waals surface area contributed by atoms with Crippen LogP contribution in [-0.4, -0.2) is 24.7 Å². The van der Waals surface area contributed by atoms with Gasteiger partial charge in [0.15, 0.2) is 0 Å². The SMILES string of the molecule is Cc1ccc(S(=O)(=O)N2C(=O)c3cc(-c4ccccc4)ccc3O[C@@H]3c4ccccc4C[C@H]32)cc1. The summed E-state index contributed by atoms with van der Waals surface area (Å²) in [5, 5.41) is 0. The van der Waals surface area contributed by atoms with E-state index in [0.29, 0.717) is 12.2 Å². The van der Waals surface area contributed by atoms with Gasteiger partial charge in [0, 0.05) is 0 Å². The lowest BCUT2D eigenvalue weighted by Gasteiger charge is -2.29. The Kier molecular flexibility index (Phi) is 5.00. The molecule has 0 saturated carbocycles. The van der Waals surface area contributed by atoms with Crippen molar-refractivity contribution in [1.29, 1.82) is 0 Å². The Balaban J connectivity index is 1.54. The second-order valence-electron chi connectivity index (χ2n) is 9.00. The fraction of sp³-hybridized carbons (Fsp3) is 0.138. The Morgan fingerprint density at radius 1 is 0.829 bits per heavy atom. The predicted molar refractivity (Wildman–Crippen MR) is 134 cm³/mol. The number of nitrogens with zero attached hydrogens (tertiary/aromatic N) is 1. The molecule has 1 amide bonds. The van der Waals surface area contributed by atoms with Crippen LogP contribution in [0, 0.1) is 6.92 Å². The molecular formula is C29H23NO4S. The van der Waals surface area contributed by atoms with Crippen molar-refractivity contribution in [3.8, 4) is 16.9 Å². The quantitative estimate of drug-likeness (QED) is 0.385. The lowest BCUT2D eigenvalue weighted by atomic mass is 10.0. The normalized spacial score (nSPS) is 18.8. The summed E-state index contributed by atoms with van der Waals surface area (Å²) < 4.78 is 35.4. The molecule has 0 aromatic heterocycles. The van der Waals surface area contributed by atoms with E-state index in [-0.39, 0.29) is 10.5 Å². The molecule has 6 rings (SSSR count). The van der Waals surface area contributed by atoms with Crippen molar-refractivity contribution in [2.45, 2.75) is 30.4 Å². The minimum absolute atomic E-state index is 0.0915. The Hall–Kier alpha value is -3.90. The highest BCUT2D eigenvalue weighted by Crippen LogP contribution is 2.44. The number of sulfonamides is 1. The summed E-state index contributed by atoms with van der Waals surface area (Å²) in [7, 11) is -4.14. The van der Waals surface area contributed by atoms with Gasteiger partial charge in [0.05, 0.1) is 16.5 Å². The molecule has 174 valence electrons. The van der Waals surface area contributed by atoms with Gasteiger partial charge in [-0.15, -0.1) is 0 Å². The van der Waals surface area contributed by atoms with Crippen molar-refractivity contribution < 1.29 is 17.9 Å². The summed E-state index contributed by atoms with van der Waals surface area (Å²) in [6.45, 7) is 1.90. The Morgan fingerprint density at radius 2 is 1.54 bits per heavy atom. The van der Waals surface area contributed by atoms with Crippen LogP contribution in [0.2, 0.25) is 0 Å². The molecule has 0 N–H and O–H groups in total. The minimum atomic E-state index is -4.14. The highest BCUT2D eigenvalue weighted by Gasteiger charge is 2.48. The van der Waals surface area contributed by atoms with E-state index < -0.39 is 28.1 Å². The molecular weight excluding hydrogens is 458 g/mol. The lowest BCUT2D eigenvalue weighted by molar-refractivity contribution is 0.0763. The zero-order valence-corrected chi connectivity index (χ0v) is 19.9. The van der Waals surface area contributed by atoms with Crippen LogP contribution in [0.25, 0.3) is 11.1 Å². The van der Waals surface area contributed by atoms with Crippen molar-refractivity contribution >= 4 is 15.9 Å². The Bertz CT molecular complexity index is 1550. The molecule has 2 atom stereocenters. The second kappa shape index (κ2) is 8.10. The van der Waals surface area contributed by atoms with Crippen LogP contribution in [0.1, 0.15) is 33.2 Å². The van der Waals surface area contributed by atoms with Gasteiger partial charge >= 0.3 is 0 Å². The topological polar surface area (TPSA) is 63.7 Å². The first-order valence-electron chi connectivity index (χ1n) is 11.5. The van der Waals surface area contributed by atoms with E-state index in [1.807, 2.05) is 67.6 Å². The molecule has 2 aliphatic rings. The van der Waals surface area contributed by atoms with Crippen LogP contribution in [0.5, 0.6) is 5.75 Å². The van der Waals surface area contributed by atoms with E-state index in [1.54, 1.807) is 36.4 Å². The smallest absolute Gasteiger partial charge is 0.271 e. The first-order chi connectivity index (χ1) is 16.9. The third kappa shape index (κ3) is 3.53. The largest absolute Gasteiger partial charge is 0.483 e. The summed E-state index contributed by atoms with van der Waals surface area (Å²) in [5.41, 5.74) is 4.85. The Morgan fingerprint density at radius 3 is 2.31 bits per heavy atom. The van der Waals surface area contributed by atoms with Crippen molar-refractivity contribution in [3.63, 3.8) is 0 Å². The van der Waals surface area contributed by atoms with Gasteiger partial charge < -0.3 is 4.74 Å². The van der Waals surface area contributed by atoms with Crippen LogP contribution in [0.3, 0.4) is 0 Å². The predicted octanol–water partition coefficient (Wildman–Crippen LogP) is 5.55. The van der Waals surface area contributed by atoms with E-state index in [1.165, 1.54) is 0 Å². The molecule has 0 spiro atoms. The van der Waals surface area contributed by atoms with Gasteiger partial charge in [-0.1, -0.05) is 78.4 Å². The number of ether oxygens (including phenoxy) is 1. The molecule has 5 nitrogen and oxygen atoms in total. The van der Waals surface area contributed by atoms with Crippen molar-refractivity contribution in [2.24, 2.45) is 0 Å². The zero-order valence-electron chi connectivity index (χ0n) is 19.1. The van der Waals surface area contributed by atoms with Gasteiger partial charge in [0.1, 0.15) is 11.9 Å². The number of hydrogen-bond donors (Lipinski definition) is 0. The molecule has 1 aliphatic heterocycles.